The number of hydrogen-bond donors (Lipinski definition) is 0. The minimum atomic E-state index is -3.03. The Morgan fingerprint density at radius 1 is 0.889 bits per heavy atom. The highest BCUT2D eigenvalue weighted by atomic mass is 35.8. The molecule has 0 aromatic carbocycles. The van der Waals surface area contributed by atoms with Crippen molar-refractivity contribution in [3.8, 4) is 0 Å². The molecule has 0 N–H and O–H groups in total. The molecule has 0 aliphatic carbocycles. The first-order valence-electron chi connectivity index (χ1n) is 1.63. The molecule has 0 heterocycles. The zero-order chi connectivity index (χ0) is 7.65. The summed E-state index contributed by atoms with van der Waals surface area (Å²) in [5.74, 6) is 0. The summed E-state index contributed by atoms with van der Waals surface area (Å²) in [6.45, 7) is 0. The molecule has 0 aromatic heterocycles. The van der Waals surface area contributed by atoms with Gasteiger partial charge in [0.1, 0.15) is 4.49 Å². The van der Waals surface area contributed by atoms with Gasteiger partial charge in [-0.1, -0.05) is 34.8 Å². The van der Waals surface area contributed by atoms with E-state index in [0.29, 0.717) is 0 Å². The second-order valence-electron chi connectivity index (χ2n) is 1.07. The summed E-state index contributed by atoms with van der Waals surface area (Å²) in [5.41, 5.74) is 0. The molecule has 0 saturated heterocycles. The summed E-state index contributed by atoms with van der Waals surface area (Å²) in [7, 11) is 0. The number of halogens is 6. The van der Waals surface area contributed by atoms with Gasteiger partial charge in [-0.05, 0) is 0 Å². The molecule has 0 unspecified atom stereocenters. The zero-order valence-corrected chi connectivity index (χ0v) is 9.30. The van der Waals surface area contributed by atoms with Crippen LogP contribution in [0.2, 0.25) is 0 Å². The van der Waals surface area contributed by atoms with Crippen LogP contribution in [0.5, 0.6) is 0 Å². The van der Waals surface area contributed by atoms with Crippen molar-refractivity contribution in [2.75, 3.05) is 0 Å². The quantitative estimate of drug-likeness (QED) is 0.495. The van der Waals surface area contributed by atoms with E-state index in [2.05, 4.69) is 0 Å². The van der Waals surface area contributed by atoms with Crippen LogP contribution in [-0.4, -0.2) is 6.00 Å². The van der Waals surface area contributed by atoms with E-state index in [1.807, 2.05) is 0 Å². The SMILES string of the molecule is ClC(Cl)=C(Cl)[Si](Cl)(Cl)Cl. The second kappa shape index (κ2) is 3.91. The molecule has 0 fully saturated rings. The Balaban J connectivity index is 4.40. The first-order chi connectivity index (χ1) is 3.85. The van der Waals surface area contributed by atoms with E-state index in [0.717, 1.165) is 0 Å². The Kier molecular flexibility index (Phi) is 4.65. The van der Waals surface area contributed by atoms with Crippen LogP contribution in [0.3, 0.4) is 0 Å². The van der Waals surface area contributed by atoms with Crippen molar-refractivity contribution in [2.45, 2.75) is 0 Å². The lowest BCUT2D eigenvalue weighted by Gasteiger charge is -2.04. The monoisotopic (exact) mass is 262 g/mol. The summed E-state index contributed by atoms with van der Waals surface area (Å²) in [5, 5.41) is 0. The first kappa shape index (κ1) is 10.7. The maximum atomic E-state index is 5.39. The molecule has 0 bridgehead atoms. The third-order valence-corrected chi connectivity index (χ3v) is 5.66. The fourth-order valence-electron chi connectivity index (χ4n) is 0.107. The molecule has 9 heavy (non-hydrogen) atoms. The maximum Gasteiger partial charge on any atom is 0.386 e. The third-order valence-electron chi connectivity index (χ3n) is 0.415. The first-order valence-corrected chi connectivity index (χ1v) is 7.80. The topological polar surface area (TPSA) is 0 Å². The van der Waals surface area contributed by atoms with Crippen LogP contribution < -0.4 is 0 Å². The van der Waals surface area contributed by atoms with E-state index in [1.54, 1.807) is 0 Å². The third kappa shape index (κ3) is 4.20. The van der Waals surface area contributed by atoms with Crippen molar-refractivity contribution < 1.29 is 0 Å². The summed E-state index contributed by atoms with van der Waals surface area (Å²) < 4.78 is -0.237. The van der Waals surface area contributed by atoms with Crippen molar-refractivity contribution in [3.05, 3.63) is 9.15 Å². The van der Waals surface area contributed by atoms with Gasteiger partial charge in [-0.2, -0.15) is 0 Å². The van der Waals surface area contributed by atoms with E-state index >= 15 is 0 Å². The van der Waals surface area contributed by atoms with E-state index in [4.69, 9.17) is 68.0 Å². The highest BCUT2D eigenvalue weighted by molar-refractivity contribution is 7.68. The maximum absolute atomic E-state index is 5.39. The fraction of sp³-hybridized carbons (Fsp3) is 0. The molecule has 0 radical (unpaired) electrons. The van der Waals surface area contributed by atoms with Crippen molar-refractivity contribution in [1.29, 1.82) is 0 Å². The molecular weight excluding hydrogens is 265 g/mol. The summed E-state index contributed by atoms with van der Waals surface area (Å²) in [6.07, 6.45) is 0. The van der Waals surface area contributed by atoms with Gasteiger partial charge in [-0.3, -0.25) is 0 Å². The minimum Gasteiger partial charge on any atom is -0.120 e. The largest absolute Gasteiger partial charge is 0.386 e. The lowest BCUT2D eigenvalue weighted by molar-refractivity contribution is 2.21. The van der Waals surface area contributed by atoms with Crippen LogP contribution in [0, 0.1) is 0 Å². The Morgan fingerprint density at radius 2 is 1.22 bits per heavy atom. The molecule has 0 atom stereocenters. The van der Waals surface area contributed by atoms with Crippen molar-refractivity contribution >= 4 is 74.0 Å². The van der Waals surface area contributed by atoms with Gasteiger partial charge in [-0.25, -0.2) is 0 Å². The van der Waals surface area contributed by atoms with Crippen LogP contribution in [0.25, 0.3) is 0 Å². The predicted octanol–water partition coefficient (Wildman–Crippen LogP) is 4.07. The highest BCUT2D eigenvalue weighted by Gasteiger charge is 2.32. The van der Waals surface area contributed by atoms with Gasteiger partial charge >= 0.3 is 6.00 Å². The number of rotatable bonds is 1. The molecule has 0 nitrogen and oxygen atoms in total. The van der Waals surface area contributed by atoms with Crippen molar-refractivity contribution in [2.24, 2.45) is 0 Å². The number of hydrogen-bond acceptors (Lipinski definition) is 0. The van der Waals surface area contributed by atoms with Crippen LogP contribution in [-0.2, 0) is 0 Å². The molecule has 0 aliphatic heterocycles. The molecule has 0 aliphatic rings. The molecule has 7 heteroatoms. The molecular formula is C2Cl6Si. The summed E-state index contributed by atoms with van der Waals surface area (Å²) in [4.78, 5) is 0. The Hall–Kier alpha value is 1.70. The van der Waals surface area contributed by atoms with E-state index in [1.165, 1.54) is 0 Å². The molecule has 0 saturated carbocycles. The van der Waals surface area contributed by atoms with E-state index in [9.17, 15) is 0 Å². The Morgan fingerprint density at radius 3 is 1.22 bits per heavy atom. The summed E-state index contributed by atoms with van der Waals surface area (Å²) >= 11 is 32.0. The second-order valence-corrected chi connectivity index (χ2v) is 11.1. The van der Waals surface area contributed by atoms with Gasteiger partial charge in [0, 0.05) is 0 Å². The van der Waals surface area contributed by atoms with Crippen LogP contribution in [0.1, 0.15) is 0 Å². The van der Waals surface area contributed by atoms with Gasteiger partial charge < -0.3 is 0 Å². The standard InChI is InChI=1S/C2Cl6Si/c3-1(4)2(5)9(6,7)8. The molecule has 0 aromatic rings. The fourth-order valence-corrected chi connectivity index (χ4v) is 2.89. The highest BCUT2D eigenvalue weighted by Crippen LogP contribution is 2.35. The minimum absolute atomic E-state index is 0.0594. The molecule has 54 valence electrons. The average Bonchev–Trinajstić information content (AvgIpc) is 1.62. The Bertz CT molecular complexity index is 128. The zero-order valence-electron chi connectivity index (χ0n) is 3.77. The average molecular weight is 265 g/mol. The van der Waals surface area contributed by atoms with Gasteiger partial charge in [0.2, 0.25) is 0 Å². The molecule has 0 amide bonds. The van der Waals surface area contributed by atoms with E-state index in [-0.39, 0.29) is 9.15 Å². The lowest BCUT2D eigenvalue weighted by atomic mass is 11.2. The van der Waals surface area contributed by atoms with Crippen molar-refractivity contribution in [1.82, 2.24) is 0 Å². The van der Waals surface area contributed by atoms with Crippen molar-refractivity contribution in [3.63, 3.8) is 0 Å². The van der Waals surface area contributed by atoms with Gasteiger partial charge in [0.05, 0.1) is 4.66 Å². The normalized spacial score (nSPS) is 11.3. The van der Waals surface area contributed by atoms with Gasteiger partial charge in [0.25, 0.3) is 0 Å². The van der Waals surface area contributed by atoms with Gasteiger partial charge in [0.15, 0.2) is 0 Å². The van der Waals surface area contributed by atoms with Crippen LogP contribution >= 0.6 is 68.0 Å². The molecule has 0 rings (SSSR count). The van der Waals surface area contributed by atoms with Crippen LogP contribution in [0.4, 0.5) is 0 Å². The lowest BCUT2D eigenvalue weighted by Crippen LogP contribution is -2.09. The smallest absolute Gasteiger partial charge is 0.120 e. The van der Waals surface area contributed by atoms with Crippen LogP contribution in [0.15, 0.2) is 9.15 Å². The summed E-state index contributed by atoms with van der Waals surface area (Å²) in [6, 6.07) is -3.03. The predicted molar refractivity (Wildman–Crippen MR) is 47.9 cm³/mol. The van der Waals surface area contributed by atoms with Gasteiger partial charge in [-0.15, -0.1) is 33.2 Å². The van der Waals surface area contributed by atoms with E-state index < -0.39 is 6.00 Å². The molecule has 0 spiro atoms. The Labute approximate surface area is 82.7 Å².